The second-order valence-electron chi connectivity index (χ2n) is 4.90. The summed E-state index contributed by atoms with van der Waals surface area (Å²) in [5.41, 5.74) is 2.41. The van der Waals surface area contributed by atoms with E-state index in [4.69, 9.17) is 4.74 Å². The molecule has 1 aromatic carbocycles. The largest absolute Gasteiger partial charge is 0.497 e. The summed E-state index contributed by atoms with van der Waals surface area (Å²) in [5, 5.41) is 3.32. The highest BCUT2D eigenvalue weighted by Crippen LogP contribution is 2.28. The van der Waals surface area contributed by atoms with E-state index in [9.17, 15) is 0 Å². The number of rotatable bonds is 3. The van der Waals surface area contributed by atoms with Gasteiger partial charge < -0.3 is 10.1 Å². The van der Waals surface area contributed by atoms with E-state index in [1.807, 2.05) is 30.5 Å². The lowest BCUT2D eigenvalue weighted by Gasteiger charge is -2.05. The van der Waals surface area contributed by atoms with Crippen molar-refractivity contribution in [3.8, 4) is 5.75 Å². The topological polar surface area (TPSA) is 47.0 Å². The van der Waals surface area contributed by atoms with E-state index in [-0.39, 0.29) is 0 Å². The molecule has 1 atom stereocenters. The van der Waals surface area contributed by atoms with Crippen LogP contribution in [0.15, 0.2) is 30.5 Å². The first-order chi connectivity index (χ1) is 9.26. The van der Waals surface area contributed by atoms with Crippen LogP contribution in [0.4, 0.5) is 5.82 Å². The lowest BCUT2D eigenvalue weighted by molar-refractivity contribution is 0.414. The van der Waals surface area contributed by atoms with Crippen LogP contribution < -0.4 is 10.1 Å². The maximum Gasteiger partial charge on any atom is 0.135 e. The molecule has 0 radical (unpaired) electrons. The van der Waals surface area contributed by atoms with Gasteiger partial charge in [-0.3, -0.25) is 0 Å². The molecule has 4 heteroatoms. The second-order valence-corrected chi connectivity index (χ2v) is 4.90. The zero-order valence-corrected chi connectivity index (χ0v) is 11.2. The van der Waals surface area contributed by atoms with Gasteiger partial charge in [0.15, 0.2) is 0 Å². The molecule has 19 heavy (non-hydrogen) atoms. The van der Waals surface area contributed by atoms with E-state index in [0.29, 0.717) is 5.92 Å². The van der Waals surface area contributed by atoms with Crippen molar-refractivity contribution in [1.82, 2.24) is 9.97 Å². The minimum atomic E-state index is 0.505. The molecule has 1 aliphatic rings. The molecule has 0 saturated carbocycles. The Bertz CT molecular complexity index is 580. The molecule has 0 saturated heterocycles. The van der Waals surface area contributed by atoms with Crippen LogP contribution in [0.2, 0.25) is 0 Å². The molecule has 3 rings (SSSR count). The van der Waals surface area contributed by atoms with Crippen LogP contribution in [-0.2, 0) is 6.42 Å². The van der Waals surface area contributed by atoms with Gasteiger partial charge in [0.25, 0.3) is 0 Å². The molecule has 1 unspecified atom stereocenters. The Kier molecular flexibility index (Phi) is 3.07. The van der Waals surface area contributed by atoms with E-state index < -0.39 is 0 Å². The quantitative estimate of drug-likeness (QED) is 0.915. The molecule has 98 valence electrons. The first kappa shape index (κ1) is 12.0. The average Bonchev–Trinajstić information content (AvgIpc) is 2.81. The lowest BCUT2D eigenvalue weighted by atomic mass is 10.1. The highest BCUT2D eigenvalue weighted by molar-refractivity contribution is 5.50. The van der Waals surface area contributed by atoms with Crippen LogP contribution in [-0.4, -0.2) is 23.6 Å². The number of methoxy groups -OCH3 is 1. The van der Waals surface area contributed by atoms with Gasteiger partial charge in [-0.15, -0.1) is 0 Å². The molecule has 1 aromatic heterocycles. The summed E-state index contributed by atoms with van der Waals surface area (Å²) in [6.07, 6.45) is 2.69. The predicted molar refractivity (Wildman–Crippen MR) is 74.7 cm³/mol. The Morgan fingerprint density at radius 2 is 2.11 bits per heavy atom. The van der Waals surface area contributed by atoms with E-state index in [2.05, 4.69) is 22.2 Å². The van der Waals surface area contributed by atoms with Gasteiger partial charge in [-0.25, -0.2) is 9.97 Å². The number of ether oxygens (including phenoxy) is 1. The van der Waals surface area contributed by atoms with Gasteiger partial charge in [0.2, 0.25) is 0 Å². The monoisotopic (exact) mass is 255 g/mol. The van der Waals surface area contributed by atoms with Crippen molar-refractivity contribution in [1.29, 1.82) is 0 Å². The van der Waals surface area contributed by atoms with Gasteiger partial charge in [0, 0.05) is 30.6 Å². The van der Waals surface area contributed by atoms with Crippen molar-refractivity contribution in [3.05, 3.63) is 47.4 Å². The maximum absolute atomic E-state index is 5.15. The van der Waals surface area contributed by atoms with Crippen molar-refractivity contribution in [2.75, 3.05) is 19.0 Å². The molecule has 0 aliphatic carbocycles. The number of hydrogen-bond acceptors (Lipinski definition) is 4. The fraction of sp³-hybridized carbons (Fsp3) is 0.333. The molecule has 2 heterocycles. The van der Waals surface area contributed by atoms with Crippen LogP contribution in [0.3, 0.4) is 0 Å². The summed E-state index contributed by atoms with van der Waals surface area (Å²) < 4.78 is 5.15. The first-order valence-electron chi connectivity index (χ1n) is 6.49. The number of nitrogens with one attached hydrogen (secondary N) is 1. The molecule has 1 N–H and O–H groups in total. The summed E-state index contributed by atoms with van der Waals surface area (Å²) in [5.74, 6) is 3.22. The summed E-state index contributed by atoms with van der Waals surface area (Å²) in [6.45, 7) is 3.14. The molecular formula is C15H17N3O. The van der Waals surface area contributed by atoms with Crippen molar-refractivity contribution < 1.29 is 4.74 Å². The van der Waals surface area contributed by atoms with Crippen LogP contribution >= 0.6 is 0 Å². The molecule has 4 nitrogen and oxygen atoms in total. The summed E-state index contributed by atoms with van der Waals surface area (Å²) in [6, 6.07) is 8.02. The molecule has 1 aliphatic heterocycles. The fourth-order valence-electron chi connectivity index (χ4n) is 2.30. The number of benzene rings is 1. The SMILES string of the molecule is COc1ccc(Cc2ncc3c(n2)NCC3C)cc1. The second kappa shape index (κ2) is 4.88. The van der Waals surface area contributed by atoms with Crippen LogP contribution in [0.25, 0.3) is 0 Å². The normalized spacial score (nSPS) is 16.8. The molecule has 0 amide bonds. The average molecular weight is 255 g/mol. The van der Waals surface area contributed by atoms with Gasteiger partial charge in [-0.1, -0.05) is 19.1 Å². The Balaban J connectivity index is 1.79. The minimum absolute atomic E-state index is 0.505. The van der Waals surface area contributed by atoms with E-state index >= 15 is 0 Å². The highest BCUT2D eigenvalue weighted by Gasteiger charge is 2.20. The van der Waals surface area contributed by atoms with Gasteiger partial charge in [0.05, 0.1) is 7.11 Å². The third-order valence-electron chi connectivity index (χ3n) is 3.49. The number of fused-ring (bicyclic) bond motifs is 1. The minimum Gasteiger partial charge on any atom is -0.497 e. The van der Waals surface area contributed by atoms with Gasteiger partial charge in [-0.05, 0) is 17.7 Å². The van der Waals surface area contributed by atoms with Gasteiger partial charge >= 0.3 is 0 Å². The predicted octanol–water partition coefficient (Wildman–Crippen LogP) is 2.61. The molecule has 2 aromatic rings. The smallest absolute Gasteiger partial charge is 0.135 e. The molecule has 0 fully saturated rings. The van der Waals surface area contributed by atoms with Gasteiger partial charge in [0.1, 0.15) is 17.4 Å². The lowest BCUT2D eigenvalue weighted by Crippen LogP contribution is -2.00. The summed E-state index contributed by atoms with van der Waals surface area (Å²) in [7, 11) is 1.67. The molecular weight excluding hydrogens is 238 g/mol. The third-order valence-corrected chi connectivity index (χ3v) is 3.49. The van der Waals surface area contributed by atoms with Crippen LogP contribution in [0.1, 0.15) is 29.8 Å². The van der Waals surface area contributed by atoms with E-state index in [1.54, 1.807) is 7.11 Å². The van der Waals surface area contributed by atoms with E-state index in [0.717, 1.165) is 30.4 Å². The first-order valence-corrected chi connectivity index (χ1v) is 6.49. The van der Waals surface area contributed by atoms with Crippen LogP contribution in [0, 0.1) is 0 Å². The molecule has 0 bridgehead atoms. The summed E-state index contributed by atoms with van der Waals surface area (Å²) in [4.78, 5) is 9.04. The Labute approximate surface area is 112 Å². The fourth-order valence-corrected chi connectivity index (χ4v) is 2.30. The molecule has 0 spiro atoms. The Morgan fingerprint density at radius 3 is 2.84 bits per heavy atom. The maximum atomic E-state index is 5.15. The number of hydrogen-bond donors (Lipinski definition) is 1. The third kappa shape index (κ3) is 2.38. The standard InChI is InChI=1S/C15H17N3O/c1-10-8-17-15-13(10)9-16-14(18-15)7-11-3-5-12(19-2)6-4-11/h3-6,9-10H,7-8H2,1-2H3,(H,16,17,18). The van der Waals surface area contributed by atoms with Gasteiger partial charge in [-0.2, -0.15) is 0 Å². The van der Waals surface area contributed by atoms with Crippen molar-refractivity contribution in [2.45, 2.75) is 19.3 Å². The highest BCUT2D eigenvalue weighted by atomic mass is 16.5. The van der Waals surface area contributed by atoms with E-state index in [1.165, 1.54) is 11.1 Å². The summed E-state index contributed by atoms with van der Waals surface area (Å²) >= 11 is 0. The van der Waals surface area contributed by atoms with Crippen LogP contribution in [0.5, 0.6) is 5.75 Å². The Morgan fingerprint density at radius 1 is 1.32 bits per heavy atom. The van der Waals surface area contributed by atoms with Crippen molar-refractivity contribution >= 4 is 5.82 Å². The van der Waals surface area contributed by atoms with Crippen molar-refractivity contribution in [2.24, 2.45) is 0 Å². The zero-order valence-electron chi connectivity index (χ0n) is 11.2. The zero-order chi connectivity index (χ0) is 13.2. The van der Waals surface area contributed by atoms with Crippen molar-refractivity contribution in [3.63, 3.8) is 0 Å². The number of aromatic nitrogens is 2. The Hall–Kier alpha value is -2.10. The number of nitrogens with zero attached hydrogens (tertiary/aromatic N) is 2. The number of anilines is 1.